The normalized spacial score (nSPS) is 16.7. The lowest BCUT2D eigenvalue weighted by Gasteiger charge is -2.24. The zero-order valence-electron chi connectivity index (χ0n) is 15.4. The van der Waals surface area contributed by atoms with Gasteiger partial charge in [0.25, 0.3) is 0 Å². The van der Waals surface area contributed by atoms with Crippen LogP contribution in [-0.4, -0.2) is 30.9 Å². The van der Waals surface area contributed by atoms with E-state index in [1.807, 2.05) is 29.8 Å². The molecule has 0 saturated carbocycles. The molecule has 1 unspecified atom stereocenters. The van der Waals surface area contributed by atoms with Crippen LogP contribution in [0, 0.1) is 13.8 Å². The molecule has 0 spiro atoms. The first kappa shape index (κ1) is 16.5. The van der Waals surface area contributed by atoms with Crippen molar-refractivity contribution in [2.45, 2.75) is 46.1 Å². The zero-order chi connectivity index (χ0) is 18.4. The summed E-state index contributed by atoms with van der Waals surface area (Å²) >= 11 is 0. The molecule has 0 fully saturated rings. The van der Waals surface area contributed by atoms with Gasteiger partial charge in [0, 0.05) is 41.4 Å². The minimum Gasteiger partial charge on any atom is -0.309 e. The number of aromatic amines is 1. The lowest BCUT2D eigenvalue weighted by Crippen LogP contribution is -2.24. The van der Waals surface area contributed by atoms with Gasteiger partial charge in [-0.25, -0.2) is 0 Å². The van der Waals surface area contributed by atoms with E-state index in [9.17, 15) is 4.79 Å². The molecular formula is C19H22N6O. The van der Waals surface area contributed by atoms with Crippen LogP contribution < -0.4 is 5.32 Å². The molecule has 1 aliphatic rings. The molecule has 134 valence electrons. The Morgan fingerprint density at radius 3 is 2.69 bits per heavy atom. The summed E-state index contributed by atoms with van der Waals surface area (Å²) in [6.07, 6.45) is 2.13. The number of H-pyrrole nitrogens is 1. The highest BCUT2D eigenvalue weighted by molar-refractivity contribution is 5.96. The smallest absolute Gasteiger partial charge is 0.226 e. The first-order valence-corrected chi connectivity index (χ1v) is 8.82. The predicted molar refractivity (Wildman–Crippen MR) is 99.0 cm³/mol. The molecule has 0 aromatic carbocycles. The van der Waals surface area contributed by atoms with Crippen molar-refractivity contribution < 1.29 is 4.79 Å². The van der Waals surface area contributed by atoms with E-state index in [2.05, 4.69) is 41.3 Å². The number of nitrogens with one attached hydrogen (secondary N) is 2. The van der Waals surface area contributed by atoms with E-state index in [0.717, 1.165) is 33.9 Å². The fraction of sp³-hybridized carbons (Fsp3) is 0.368. The zero-order valence-corrected chi connectivity index (χ0v) is 15.4. The van der Waals surface area contributed by atoms with Crippen LogP contribution in [0.5, 0.6) is 0 Å². The fourth-order valence-corrected chi connectivity index (χ4v) is 3.89. The summed E-state index contributed by atoms with van der Waals surface area (Å²) in [5.74, 6) is 0.461. The van der Waals surface area contributed by atoms with Gasteiger partial charge in [-0.05, 0) is 39.8 Å². The molecule has 1 aliphatic heterocycles. The Bertz CT molecular complexity index is 970. The third kappa shape index (κ3) is 2.51. The average molecular weight is 350 g/mol. The maximum absolute atomic E-state index is 12.3. The van der Waals surface area contributed by atoms with Gasteiger partial charge in [-0.15, -0.1) is 0 Å². The molecule has 0 bridgehead atoms. The van der Waals surface area contributed by atoms with Crippen LogP contribution in [0.1, 0.15) is 54.7 Å². The number of hydrogen-bond acceptors (Lipinski definition) is 4. The summed E-state index contributed by atoms with van der Waals surface area (Å²) in [5, 5.41) is 15.0. The van der Waals surface area contributed by atoms with Crippen molar-refractivity contribution in [3.8, 4) is 11.4 Å². The SMILES string of the molecule is Cc1nn(C(C)C)c(C)c1C1CC(=O)Nc2n[nH]c(-c3ccccn3)c21. The maximum atomic E-state index is 12.3. The standard InChI is InChI=1S/C19H22N6O/c1-10(2)25-12(4)16(11(3)24-25)13-9-15(26)21-19-17(13)18(22-23-19)14-7-5-6-8-20-14/h5-8,10,13H,9H2,1-4H3,(H2,21,22,23,26). The first-order valence-electron chi connectivity index (χ1n) is 8.82. The number of aromatic nitrogens is 5. The summed E-state index contributed by atoms with van der Waals surface area (Å²) in [6.45, 7) is 8.30. The number of amides is 1. The van der Waals surface area contributed by atoms with Gasteiger partial charge in [-0.3, -0.25) is 19.6 Å². The van der Waals surface area contributed by atoms with Crippen molar-refractivity contribution in [2.75, 3.05) is 5.32 Å². The molecule has 0 aliphatic carbocycles. The molecule has 2 N–H and O–H groups in total. The number of fused-ring (bicyclic) bond motifs is 1. The quantitative estimate of drug-likeness (QED) is 0.758. The number of hydrogen-bond donors (Lipinski definition) is 2. The van der Waals surface area contributed by atoms with Crippen LogP contribution in [0.25, 0.3) is 11.4 Å². The number of carbonyl (C=O) groups is 1. The lowest BCUT2D eigenvalue weighted by molar-refractivity contribution is -0.116. The second-order valence-electron chi connectivity index (χ2n) is 7.00. The highest BCUT2D eigenvalue weighted by atomic mass is 16.1. The van der Waals surface area contributed by atoms with Crippen molar-refractivity contribution in [2.24, 2.45) is 0 Å². The van der Waals surface area contributed by atoms with Gasteiger partial charge < -0.3 is 5.32 Å². The summed E-state index contributed by atoms with van der Waals surface area (Å²) in [4.78, 5) is 16.8. The lowest BCUT2D eigenvalue weighted by atomic mass is 9.84. The monoisotopic (exact) mass is 350 g/mol. The van der Waals surface area contributed by atoms with Crippen LogP contribution in [0.15, 0.2) is 24.4 Å². The Morgan fingerprint density at radius 2 is 2.04 bits per heavy atom. The summed E-state index contributed by atoms with van der Waals surface area (Å²) in [5.41, 5.74) is 5.80. The van der Waals surface area contributed by atoms with Crippen LogP contribution >= 0.6 is 0 Å². The largest absolute Gasteiger partial charge is 0.309 e. The van der Waals surface area contributed by atoms with Gasteiger partial charge >= 0.3 is 0 Å². The molecule has 1 amide bonds. The van der Waals surface area contributed by atoms with Gasteiger partial charge in [0.05, 0.1) is 17.1 Å². The molecule has 3 aromatic heterocycles. The van der Waals surface area contributed by atoms with Crippen LogP contribution in [-0.2, 0) is 4.79 Å². The predicted octanol–water partition coefficient (Wildman–Crippen LogP) is 3.34. The summed E-state index contributed by atoms with van der Waals surface area (Å²) < 4.78 is 2.03. The minimum absolute atomic E-state index is 0.0299. The van der Waals surface area contributed by atoms with Gasteiger partial charge in [-0.2, -0.15) is 10.2 Å². The highest BCUT2D eigenvalue weighted by Gasteiger charge is 2.35. The van der Waals surface area contributed by atoms with Crippen molar-refractivity contribution in [1.29, 1.82) is 0 Å². The first-order chi connectivity index (χ1) is 12.5. The molecule has 3 aromatic rings. The van der Waals surface area contributed by atoms with Crippen LogP contribution in [0.3, 0.4) is 0 Å². The van der Waals surface area contributed by atoms with E-state index >= 15 is 0 Å². The topological polar surface area (TPSA) is 88.5 Å². The molecule has 7 heteroatoms. The minimum atomic E-state index is -0.0954. The second kappa shape index (κ2) is 6.09. The Kier molecular flexibility index (Phi) is 3.86. The molecule has 26 heavy (non-hydrogen) atoms. The van der Waals surface area contributed by atoms with E-state index in [1.165, 1.54) is 0 Å². The second-order valence-corrected chi connectivity index (χ2v) is 7.00. The van der Waals surface area contributed by atoms with E-state index in [0.29, 0.717) is 12.2 Å². The average Bonchev–Trinajstić information content (AvgIpc) is 3.16. The third-order valence-electron chi connectivity index (χ3n) is 4.94. The number of aryl methyl sites for hydroxylation is 1. The number of rotatable bonds is 3. The van der Waals surface area contributed by atoms with Gasteiger partial charge in [0.15, 0.2) is 5.82 Å². The van der Waals surface area contributed by atoms with Crippen molar-refractivity contribution in [1.82, 2.24) is 25.0 Å². The van der Waals surface area contributed by atoms with E-state index in [4.69, 9.17) is 5.10 Å². The third-order valence-corrected chi connectivity index (χ3v) is 4.94. The molecule has 1 atom stereocenters. The van der Waals surface area contributed by atoms with E-state index in [1.54, 1.807) is 6.20 Å². The molecule has 7 nitrogen and oxygen atoms in total. The molecule has 4 heterocycles. The fourth-order valence-electron chi connectivity index (χ4n) is 3.89. The van der Waals surface area contributed by atoms with Gasteiger partial charge in [0.2, 0.25) is 5.91 Å². The number of carbonyl (C=O) groups excluding carboxylic acids is 1. The molecular weight excluding hydrogens is 328 g/mol. The number of anilines is 1. The molecule has 0 radical (unpaired) electrons. The summed E-state index contributed by atoms with van der Waals surface area (Å²) in [7, 11) is 0. The Hall–Kier alpha value is -2.96. The van der Waals surface area contributed by atoms with Crippen molar-refractivity contribution >= 4 is 11.7 Å². The number of pyridine rings is 1. The van der Waals surface area contributed by atoms with E-state index in [-0.39, 0.29) is 17.9 Å². The Morgan fingerprint density at radius 1 is 1.23 bits per heavy atom. The van der Waals surface area contributed by atoms with E-state index < -0.39 is 0 Å². The molecule has 0 saturated heterocycles. The maximum Gasteiger partial charge on any atom is 0.226 e. The van der Waals surface area contributed by atoms with Crippen LogP contribution in [0.2, 0.25) is 0 Å². The van der Waals surface area contributed by atoms with Gasteiger partial charge in [0.1, 0.15) is 0 Å². The van der Waals surface area contributed by atoms with Crippen LogP contribution in [0.4, 0.5) is 5.82 Å². The van der Waals surface area contributed by atoms with Crippen molar-refractivity contribution in [3.05, 3.63) is 46.9 Å². The highest BCUT2D eigenvalue weighted by Crippen LogP contribution is 2.43. The Balaban J connectivity index is 1.91. The number of nitrogens with zero attached hydrogens (tertiary/aromatic N) is 4. The van der Waals surface area contributed by atoms with Crippen molar-refractivity contribution in [3.63, 3.8) is 0 Å². The summed E-state index contributed by atoms with van der Waals surface area (Å²) in [6, 6.07) is 6.03. The van der Waals surface area contributed by atoms with Gasteiger partial charge in [-0.1, -0.05) is 6.07 Å². The molecule has 4 rings (SSSR count). The Labute approximate surface area is 151 Å².